The van der Waals surface area contributed by atoms with E-state index in [9.17, 15) is 4.79 Å². The van der Waals surface area contributed by atoms with E-state index in [-0.39, 0.29) is 5.91 Å². The van der Waals surface area contributed by atoms with E-state index in [1.54, 1.807) is 0 Å². The SMILES string of the molecule is O=C(C[C@H]1CCc2ccccc21)NCc1nnc2n1CCCC2. The summed E-state index contributed by atoms with van der Waals surface area (Å²) >= 11 is 0. The molecular formula is C18H22N4O. The second-order valence-corrected chi connectivity index (χ2v) is 6.56. The fraction of sp³-hybridized carbons (Fsp3) is 0.500. The summed E-state index contributed by atoms with van der Waals surface area (Å²) in [6.07, 6.45) is 6.09. The normalized spacial score (nSPS) is 19.2. The molecule has 0 saturated carbocycles. The highest BCUT2D eigenvalue weighted by molar-refractivity contribution is 5.77. The molecule has 0 spiro atoms. The van der Waals surface area contributed by atoms with Crippen molar-refractivity contribution in [2.24, 2.45) is 0 Å². The van der Waals surface area contributed by atoms with E-state index >= 15 is 0 Å². The Morgan fingerprint density at radius 1 is 1.22 bits per heavy atom. The molecule has 1 amide bonds. The van der Waals surface area contributed by atoms with Gasteiger partial charge in [0.25, 0.3) is 0 Å². The van der Waals surface area contributed by atoms with Crippen LogP contribution in [0.5, 0.6) is 0 Å². The lowest BCUT2D eigenvalue weighted by Crippen LogP contribution is -2.26. The lowest BCUT2D eigenvalue weighted by atomic mass is 9.97. The number of fused-ring (bicyclic) bond motifs is 2. The smallest absolute Gasteiger partial charge is 0.220 e. The zero-order chi connectivity index (χ0) is 15.6. The Bertz CT molecular complexity index is 722. The Hall–Kier alpha value is -2.17. The van der Waals surface area contributed by atoms with Crippen LogP contribution < -0.4 is 5.32 Å². The number of aromatic nitrogens is 3. The first kappa shape index (κ1) is 14.4. The molecule has 1 aliphatic heterocycles. The van der Waals surface area contributed by atoms with Gasteiger partial charge in [-0.25, -0.2) is 0 Å². The maximum atomic E-state index is 12.3. The molecule has 5 nitrogen and oxygen atoms in total. The van der Waals surface area contributed by atoms with Crippen molar-refractivity contribution in [1.29, 1.82) is 0 Å². The number of carbonyl (C=O) groups is 1. The van der Waals surface area contributed by atoms with E-state index in [0.29, 0.717) is 18.9 Å². The van der Waals surface area contributed by atoms with Gasteiger partial charge in [0.05, 0.1) is 6.54 Å². The van der Waals surface area contributed by atoms with Crippen molar-refractivity contribution in [3.05, 3.63) is 47.0 Å². The summed E-state index contributed by atoms with van der Waals surface area (Å²) < 4.78 is 2.16. The van der Waals surface area contributed by atoms with Crippen molar-refractivity contribution in [1.82, 2.24) is 20.1 Å². The van der Waals surface area contributed by atoms with Crippen molar-refractivity contribution in [2.75, 3.05) is 0 Å². The van der Waals surface area contributed by atoms with Crippen molar-refractivity contribution in [3.8, 4) is 0 Å². The van der Waals surface area contributed by atoms with E-state index < -0.39 is 0 Å². The van der Waals surface area contributed by atoms with Crippen LogP contribution in [0.1, 0.15) is 54.4 Å². The first-order chi connectivity index (χ1) is 11.3. The van der Waals surface area contributed by atoms with Gasteiger partial charge in [-0.1, -0.05) is 24.3 Å². The van der Waals surface area contributed by atoms with Gasteiger partial charge >= 0.3 is 0 Å². The molecule has 0 bridgehead atoms. The molecule has 2 heterocycles. The quantitative estimate of drug-likeness (QED) is 0.943. The third kappa shape index (κ3) is 2.87. The van der Waals surface area contributed by atoms with Crippen LogP contribution >= 0.6 is 0 Å². The first-order valence-corrected chi connectivity index (χ1v) is 8.57. The van der Waals surface area contributed by atoms with Gasteiger partial charge < -0.3 is 9.88 Å². The molecule has 1 aromatic carbocycles. The Morgan fingerprint density at radius 3 is 3.09 bits per heavy atom. The van der Waals surface area contributed by atoms with Crippen LogP contribution in [0.25, 0.3) is 0 Å². The van der Waals surface area contributed by atoms with E-state index in [1.165, 1.54) is 24.0 Å². The van der Waals surface area contributed by atoms with E-state index in [4.69, 9.17) is 0 Å². The maximum Gasteiger partial charge on any atom is 0.220 e. The molecule has 1 N–H and O–H groups in total. The van der Waals surface area contributed by atoms with Gasteiger partial charge in [-0.3, -0.25) is 4.79 Å². The molecular weight excluding hydrogens is 288 g/mol. The number of benzene rings is 1. The second-order valence-electron chi connectivity index (χ2n) is 6.56. The number of hydrogen-bond donors (Lipinski definition) is 1. The standard InChI is InChI=1S/C18H22N4O/c23-18(11-14-9-8-13-5-1-2-6-15(13)14)19-12-17-21-20-16-7-3-4-10-22(16)17/h1-2,5-6,14H,3-4,7-12H2,(H,19,23)/t14-/m1/s1. The molecule has 2 aromatic rings. The van der Waals surface area contributed by atoms with Crippen molar-refractivity contribution < 1.29 is 4.79 Å². The van der Waals surface area contributed by atoms with E-state index in [2.05, 4.69) is 44.3 Å². The Kier molecular flexibility index (Phi) is 3.85. The van der Waals surface area contributed by atoms with Crippen molar-refractivity contribution in [3.63, 3.8) is 0 Å². The molecule has 0 saturated heterocycles. The summed E-state index contributed by atoms with van der Waals surface area (Å²) in [5.74, 6) is 2.42. The molecule has 120 valence electrons. The van der Waals surface area contributed by atoms with E-state index in [0.717, 1.165) is 37.5 Å². The molecule has 5 heteroatoms. The number of nitrogens with one attached hydrogen (secondary N) is 1. The minimum absolute atomic E-state index is 0.111. The van der Waals surface area contributed by atoms with Gasteiger partial charge in [-0.05, 0) is 42.7 Å². The number of nitrogens with zero attached hydrogens (tertiary/aromatic N) is 3. The lowest BCUT2D eigenvalue weighted by molar-refractivity contribution is -0.121. The number of carbonyl (C=O) groups excluding carboxylic acids is 1. The van der Waals surface area contributed by atoms with Crippen LogP contribution in [0.4, 0.5) is 0 Å². The molecule has 4 rings (SSSR count). The van der Waals surface area contributed by atoms with Crippen molar-refractivity contribution in [2.45, 2.75) is 57.5 Å². The van der Waals surface area contributed by atoms with Gasteiger partial charge in [-0.15, -0.1) is 10.2 Å². The molecule has 0 unspecified atom stereocenters. The highest BCUT2D eigenvalue weighted by Crippen LogP contribution is 2.35. The topological polar surface area (TPSA) is 59.8 Å². The minimum Gasteiger partial charge on any atom is -0.349 e. The number of amides is 1. The number of hydrogen-bond acceptors (Lipinski definition) is 3. The molecule has 1 aromatic heterocycles. The van der Waals surface area contributed by atoms with Crippen LogP contribution in [0.15, 0.2) is 24.3 Å². The molecule has 1 atom stereocenters. The minimum atomic E-state index is 0.111. The summed E-state index contributed by atoms with van der Waals surface area (Å²) in [5, 5.41) is 11.5. The Labute approximate surface area is 136 Å². The maximum absolute atomic E-state index is 12.3. The van der Waals surface area contributed by atoms with Crippen LogP contribution in [0.3, 0.4) is 0 Å². The van der Waals surface area contributed by atoms with Gasteiger partial charge in [0.15, 0.2) is 5.82 Å². The van der Waals surface area contributed by atoms with Gasteiger partial charge in [0.1, 0.15) is 5.82 Å². The zero-order valence-electron chi connectivity index (χ0n) is 13.3. The third-order valence-electron chi connectivity index (χ3n) is 5.07. The average Bonchev–Trinajstić information content (AvgIpc) is 3.18. The first-order valence-electron chi connectivity index (χ1n) is 8.57. The highest BCUT2D eigenvalue weighted by Gasteiger charge is 2.24. The molecule has 23 heavy (non-hydrogen) atoms. The fourth-order valence-electron chi connectivity index (χ4n) is 3.83. The van der Waals surface area contributed by atoms with Crippen molar-refractivity contribution >= 4 is 5.91 Å². The van der Waals surface area contributed by atoms with Crippen LogP contribution in [-0.4, -0.2) is 20.7 Å². The lowest BCUT2D eigenvalue weighted by Gasteiger charge is -2.15. The van der Waals surface area contributed by atoms with Crippen LogP contribution in [0.2, 0.25) is 0 Å². The zero-order valence-corrected chi connectivity index (χ0v) is 13.3. The fourth-order valence-corrected chi connectivity index (χ4v) is 3.83. The second kappa shape index (κ2) is 6.14. The molecule has 1 aliphatic carbocycles. The van der Waals surface area contributed by atoms with Crippen LogP contribution in [-0.2, 0) is 30.7 Å². The van der Waals surface area contributed by atoms with Gasteiger partial charge in [0, 0.05) is 19.4 Å². The monoisotopic (exact) mass is 310 g/mol. The van der Waals surface area contributed by atoms with E-state index in [1.807, 2.05) is 0 Å². The summed E-state index contributed by atoms with van der Waals surface area (Å²) in [6, 6.07) is 8.48. The average molecular weight is 310 g/mol. The summed E-state index contributed by atoms with van der Waals surface area (Å²) in [5.41, 5.74) is 2.75. The highest BCUT2D eigenvalue weighted by atomic mass is 16.1. The third-order valence-corrected chi connectivity index (χ3v) is 5.07. The van der Waals surface area contributed by atoms with Crippen LogP contribution in [0, 0.1) is 0 Å². The number of rotatable bonds is 4. The van der Waals surface area contributed by atoms with Gasteiger partial charge in [0.2, 0.25) is 5.91 Å². The summed E-state index contributed by atoms with van der Waals surface area (Å²) in [6.45, 7) is 1.46. The predicted octanol–water partition coefficient (Wildman–Crippen LogP) is 2.35. The van der Waals surface area contributed by atoms with Gasteiger partial charge in [-0.2, -0.15) is 0 Å². The Balaban J connectivity index is 1.35. The molecule has 0 radical (unpaired) electrons. The Morgan fingerprint density at radius 2 is 2.13 bits per heavy atom. The molecule has 0 fully saturated rings. The largest absolute Gasteiger partial charge is 0.349 e. The summed E-state index contributed by atoms with van der Waals surface area (Å²) in [4.78, 5) is 12.3. The number of aryl methyl sites for hydroxylation is 2. The summed E-state index contributed by atoms with van der Waals surface area (Å²) in [7, 11) is 0. The molecule has 2 aliphatic rings. The predicted molar refractivity (Wildman–Crippen MR) is 86.9 cm³/mol.